The largest absolute Gasteiger partial charge is 0.534 e. The molecule has 0 aromatic heterocycles. The highest BCUT2D eigenvalue weighted by molar-refractivity contribution is 7.88. The van der Waals surface area contributed by atoms with Crippen LogP contribution in [0.1, 0.15) is 57.9 Å². The molecule has 0 atom stereocenters. The number of ether oxygens (including phenoxy) is 1. The molecular formula is C19H25F3N2O6S. The molecule has 1 fully saturated rings. The molecule has 2 N–H and O–H groups in total. The molecule has 2 amide bonds. The number of carbonyl (C=O) groups is 2. The third kappa shape index (κ3) is 7.01. The maximum atomic E-state index is 12.6. The highest BCUT2D eigenvalue weighted by Gasteiger charge is 2.48. The van der Waals surface area contributed by atoms with E-state index < -0.39 is 33.1 Å². The lowest BCUT2D eigenvalue weighted by Gasteiger charge is -2.31. The summed E-state index contributed by atoms with van der Waals surface area (Å²) < 4.78 is 69.8. The van der Waals surface area contributed by atoms with Gasteiger partial charge in [-0.15, -0.1) is 0 Å². The Morgan fingerprint density at radius 2 is 1.74 bits per heavy atom. The fourth-order valence-corrected chi connectivity index (χ4v) is 3.77. The fraction of sp³-hybridized carbons (Fsp3) is 0.579. The van der Waals surface area contributed by atoms with Crippen molar-refractivity contribution in [3.63, 3.8) is 0 Å². The molecule has 1 aliphatic rings. The Kier molecular flexibility index (Phi) is 7.45. The Morgan fingerprint density at radius 1 is 1.13 bits per heavy atom. The van der Waals surface area contributed by atoms with Crippen molar-refractivity contribution in [1.29, 1.82) is 0 Å². The summed E-state index contributed by atoms with van der Waals surface area (Å²) >= 11 is 0. The maximum Gasteiger partial charge on any atom is 0.534 e. The molecule has 0 bridgehead atoms. The van der Waals surface area contributed by atoms with Crippen LogP contribution < -0.4 is 14.8 Å². The van der Waals surface area contributed by atoms with Crippen LogP contribution in [0.3, 0.4) is 0 Å². The van der Waals surface area contributed by atoms with E-state index in [4.69, 9.17) is 4.74 Å². The number of nitrogens with one attached hydrogen (secondary N) is 2. The number of alkyl halides is 3. The molecule has 0 radical (unpaired) electrons. The minimum Gasteiger partial charge on any atom is -0.444 e. The lowest BCUT2D eigenvalue weighted by Crippen LogP contribution is -2.40. The molecule has 2 rings (SSSR count). The number of carbonyl (C=O) groups excluding carboxylic acids is 2. The van der Waals surface area contributed by atoms with Gasteiger partial charge in [-0.3, -0.25) is 4.79 Å². The number of rotatable bonds is 6. The molecule has 12 heteroatoms. The van der Waals surface area contributed by atoms with Gasteiger partial charge < -0.3 is 19.6 Å². The molecule has 0 spiro atoms. The third-order valence-corrected chi connectivity index (χ3v) is 5.59. The van der Waals surface area contributed by atoms with Crippen molar-refractivity contribution in [2.24, 2.45) is 0 Å². The summed E-state index contributed by atoms with van der Waals surface area (Å²) in [7, 11) is -5.81. The number of amides is 2. The zero-order chi connectivity index (χ0) is 23.4. The van der Waals surface area contributed by atoms with E-state index in [1.165, 1.54) is 12.1 Å². The molecule has 0 heterocycles. The van der Waals surface area contributed by atoms with E-state index >= 15 is 0 Å². The minimum atomic E-state index is -5.81. The molecule has 8 nitrogen and oxygen atoms in total. The summed E-state index contributed by atoms with van der Waals surface area (Å²) in [5.74, 6) is -0.686. The first-order valence-electron chi connectivity index (χ1n) is 9.56. The average Bonchev–Trinajstić information content (AvgIpc) is 2.61. The average molecular weight is 466 g/mol. The standard InChI is InChI=1S/C19H25F3N2O6S/c1-18(2,3)29-17(26)24-13-6-4-12(5-7-13)15-10-14(8-9-16(15)23-11-25)30-31(27,28)19(20,21)22/h8-13H,4-7H2,1-3H3,(H,23,25)(H,24,26). The smallest absolute Gasteiger partial charge is 0.444 e. The second-order valence-corrected chi connectivity index (χ2v) is 9.73. The molecule has 174 valence electrons. The van der Waals surface area contributed by atoms with Gasteiger partial charge in [0, 0.05) is 11.7 Å². The third-order valence-electron chi connectivity index (χ3n) is 4.61. The zero-order valence-electron chi connectivity index (χ0n) is 17.3. The topological polar surface area (TPSA) is 111 Å². The highest BCUT2D eigenvalue weighted by Crippen LogP contribution is 2.39. The Hall–Kier alpha value is -2.50. The molecule has 1 aromatic carbocycles. The van der Waals surface area contributed by atoms with Crippen LogP contribution in [-0.4, -0.2) is 38.1 Å². The maximum absolute atomic E-state index is 12.6. The van der Waals surface area contributed by atoms with Gasteiger partial charge in [-0.05, 0) is 76.1 Å². The van der Waals surface area contributed by atoms with Gasteiger partial charge in [-0.25, -0.2) is 4.79 Å². The minimum absolute atomic E-state index is 0.140. The molecule has 0 saturated heterocycles. The van der Waals surface area contributed by atoms with Gasteiger partial charge in [-0.1, -0.05) is 0 Å². The molecule has 1 saturated carbocycles. The first-order valence-corrected chi connectivity index (χ1v) is 11.0. The number of alkyl carbamates (subject to hydrolysis) is 1. The Bertz CT molecular complexity index is 904. The summed E-state index contributed by atoms with van der Waals surface area (Å²) in [4.78, 5) is 22.8. The van der Waals surface area contributed by atoms with Crippen molar-refractivity contribution in [3.05, 3.63) is 23.8 Å². The van der Waals surface area contributed by atoms with E-state index in [9.17, 15) is 31.2 Å². The molecule has 31 heavy (non-hydrogen) atoms. The second kappa shape index (κ2) is 9.33. The van der Waals surface area contributed by atoms with Crippen molar-refractivity contribution >= 4 is 28.3 Å². The van der Waals surface area contributed by atoms with Crippen molar-refractivity contribution < 1.29 is 40.1 Å². The summed E-state index contributed by atoms with van der Waals surface area (Å²) in [5.41, 5.74) is -5.39. The summed E-state index contributed by atoms with van der Waals surface area (Å²) in [6, 6.07) is 3.37. The van der Waals surface area contributed by atoms with E-state index in [1.807, 2.05) is 0 Å². The summed E-state index contributed by atoms with van der Waals surface area (Å²) in [6.45, 7) is 5.25. The van der Waals surface area contributed by atoms with E-state index in [1.54, 1.807) is 20.8 Å². The number of halogens is 3. The predicted octanol–water partition coefficient (Wildman–Crippen LogP) is 4.03. The van der Waals surface area contributed by atoms with Crippen LogP contribution in [0.4, 0.5) is 23.7 Å². The van der Waals surface area contributed by atoms with Crippen molar-refractivity contribution in [1.82, 2.24) is 5.32 Å². The van der Waals surface area contributed by atoms with E-state index in [-0.39, 0.29) is 12.0 Å². The van der Waals surface area contributed by atoms with Gasteiger partial charge in [0.15, 0.2) is 0 Å². The van der Waals surface area contributed by atoms with Crippen LogP contribution in [0.25, 0.3) is 0 Å². The molecule has 0 unspecified atom stereocenters. The molecule has 0 aliphatic heterocycles. The summed E-state index contributed by atoms with van der Waals surface area (Å²) in [5, 5.41) is 5.25. The molecular weight excluding hydrogens is 441 g/mol. The monoisotopic (exact) mass is 466 g/mol. The number of benzene rings is 1. The van der Waals surface area contributed by atoms with Gasteiger partial charge in [0.1, 0.15) is 11.4 Å². The zero-order valence-corrected chi connectivity index (χ0v) is 18.1. The van der Waals surface area contributed by atoms with E-state index in [0.717, 1.165) is 6.07 Å². The van der Waals surface area contributed by atoms with Crippen LogP contribution in [0.2, 0.25) is 0 Å². The van der Waals surface area contributed by atoms with Crippen molar-refractivity contribution in [2.45, 2.75) is 69.5 Å². The fourth-order valence-electron chi connectivity index (χ4n) is 3.32. The first-order chi connectivity index (χ1) is 14.2. The van der Waals surface area contributed by atoms with Crippen LogP contribution in [-0.2, 0) is 19.6 Å². The van der Waals surface area contributed by atoms with Crippen LogP contribution >= 0.6 is 0 Å². The van der Waals surface area contributed by atoms with E-state index in [0.29, 0.717) is 43.3 Å². The normalized spacial score (nSPS) is 19.9. The quantitative estimate of drug-likeness (QED) is 0.372. The SMILES string of the molecule is CC(C)(C)OC(=O)NC1CCC(c2cc(OS(=O)(=O)C(F)(F)F)ccc2NC=O)CC1. The molecule has 1 aliphatic carbocycles. The lowest BCUT2D eigenvalue weighted by molar-refractivity contribution is -0.105. The number of hydrogen-bond acceptors (Lipinski definition) is 6. The van der Waals surface area contributed by atoms with Crippen molar-refractivity contribution in [3.8, 4) is 5.75 Å². The first kappa shape index (κ1) is 24.8. The Balaban J connectivity index is 2.13. The van der Waals surface area contributed by atoms with Gasteiger partial charge in [0.25, 0.3) is 0 Å². The van der Waals surface area contributed by atoms with Crippen LogP contribution in [0.15, 0.2) is 18.2 Å². The van der Waals surface area contributed by atoms with Gasteiger partial charge in [-0.2, -0.15) is 21.6 Å². The summed E-state index contributed by atoms with van der Waals surface area (Å²) in [6.07, 6.45) is 2.10. The Morgan fingerprint density at radius 3 is 2.26 bits per heavy atom. The number of anilines is 1. The predicted molar refractivity (Wildman–Crippen MR) is 106 cm³/mol. The van der Waals surface area contributed by atoms with Gasteiger partial charge in [0.05, 0.1) is 0 Å². The lowest BCUT2D eigenvalue weighted by atomic mass is 9.81. The Labute approximate surface area is 178 Å². The van der Waals surface area contributed by atoms with Gasteiger partial charge in [0.2, 0.25) is 6.41 Å². The van der Waals surface area contributed by atoms with Gasteiger partial charge >= 0.3 is 21.7 Å². The molecule has 1 aromatic rings. The van der Waals surface area contributed by atoms with E-state index in [2.05, 4.69) is 14.8 Å². The van der Waals surface area contributed by atoms with Crippen LogP contribution in [0, 0.1) is 0 Å². The van der Waals surface area contributed by atoms with Crippen molar-refractivity contribution in [2.75, 3.05) is 5.32 Å². The highest BCUT2D eigenvalue weighted by atomic mass is 32.2. The second-order valence-electron chi connectivity index (χ2n) is 8.19. The number of hydrogen-bond donors (Lipinski definition) is 2. The van der Waals surface area contributed by atoms with Crippen LogP contribution in [0.5, 0.6) is 5.75 Å².